The first-order valence-corrected chi connectivity index (χ1v) is 7.11. The number of nitrogens with one attached hydrogen (secondary N) is 2. The minimum absolute atomic E-state index is 0.0239. The van der Waals surface area contributed by atoms with E-state index in [9.17, 15) is 9.59 Å². The van der Waals surface area contributed by atoms with Crippen LogP contribution >= 0.6 is 0 Å². The van der Waals surface area contributed by atoms with Gasteiger partial charge < -0.3 is 10.6 Å². The van der Waals surface area contributed by atoms with E-state index in [1.807, 2.05) is 12.1 Å². The fourth-order valence-corrected chi connectivity index (χ4v) is 3.30. The van der Waals surface area contributed by atoms with Crippen LogP contribution in [0.25, 0.3) is 0 Å². The normalized spacial score (nSPS) is 26.4. The molecule has 0 saturated heterocycles. The molecule has 114 valence electrons. The van der Waals surface area contributed by atoms with E-state index in [0.29, 0.717) is 6.54 Å². The number of carbonyl (C=O) groups excluding carboxylic acids is 2. The van der Waals surface area contributed by atoms with E-state index in [0.717, 1.165) is 6.42 Å². The molecule has 0 radical (unpaired) electrons. The first kappa shape index (κ1) is 17.0. The van der Waals surface area contributed by atoms with Crippen LogP contribution in [-0.4, -0.2) is 24.4 Å². The van der Waals surface area contributed by atoms with Gasteiger partial charge in [-0.3, -0.25) is 9.59 Å². The summed E-state index contributed by atoms with van der Waals surface area (Å²) in [5.74, 6) is -0.214. The van der Waals surface area contributed by atoms with Gasteiger partial charge in [0.05, 0.1) is 12.1 Å². The van der Waals surface area contributed by atoms with E-state index in [1.165, 1.54) is 0 Å². The van der Waals surface area contributed by atoms with E-state index in [1.54, 1.807) is 0 Å². The summed E-state index contributed by atoms with van der Waals surface area (Å²) >= 11 is 0. The molecule has 1 rings (SSSR count). The average Bonchev–Trinajstić information content (AvgIpc) is 2.57. The van der Waals surface area contributed by atoms with Crippen LogP contribution in [0.4, 0.5) is 0 Å². The molecule has 21 heavy (non-hydrogen) atoms. The molecule has 0 aromatic carbocycles. The fraction of sp³-hybridized carbons (Fsp3) is 0.733. The van der Waals surface area contributed by atoms with Crippen molar-refractivity contribution in [2.45, 2.75) is 46.1 Å². The molecule has 2 amide bonds. The van der Waals surface area contributed by atoms with Gasteiger partial charge in [-0.05, 0) is 17.8 Å². The van der Waals surface area contributed by atoms with Crippen molar-refractivity contribution in [2.75, 3.05) is 6.54 Å². The summed E-state index contributed by atoms with van der Waals surface area (Å²) in [6.07, 6.45) is 0.620. The molecule has 6 heteroatoms. The van der Waals surface area contributed by atoms with Crippen molar-refractivity contribution in [3.63, 3.8) is 0 Å². The number of hydrogen-bond acceptors (Lipinski definition) is 4. The van der Waals surface area contributed by atoms with Crippen LogP contribution < -0.4 is 10.6 Å². The monoisotopic (exact) mass is 290 g/mol. The Morgan fingerprint density at radius 3 is 2.33 bits per heavy atom. The minimum atomic E-state index is -0.296. The zero-order valence-corrected chi connectivity index (χ0v) is 12.8. The third-order valence-electron chi connectivity index (χ3n) is 4.22. The highest BCUT2D eigenvalue weighted by atomic mass is 16.2. The lowest BCUT2D eigenvalue weighted by Crippen LogP contribution is -2.47. The zero-order chi connectivity index (χ0) is 16.0. The van der Waals surface area contributed by atoms with Gasteiger partial charge >= 0.3 is 0 Å². The fourth-order valence-electron chi connectivity index (χ4n) is 3.30. The number of nitrogens with zero attached hydrogens (tertiary/aromatic N) is 2. The third kappa shape index (κ3) is 4.46. The highest BCUT2D eigenvalue weighted by Crippen LogP contribution is 2.45. The summed E-state index contributed by atoms with van der Waals surface area (Å²) in [7, 11) is 0. The van der Waals surface area contributed by atoms with Crippen molar-refractivity contribution >= 4 is 11.8 Å². The van der Waals surface area contributed by atoms with Crippen molar-refractivity contribution in [1.29, 1.82) is 10.5 Å². The Bertz CT molecular complexity index is 487. The molecule has 6 nitrogen and oxygen atoms in total. The minimum Gasteiger partial charge on any atom is -0.355 e. The molecule has 1 aliphatic carbocycles. The Labute approximate surface area is 125 Å². The molecule has 0 heterocycles. The Morgan fingerprint density at radius 1 is 1.19 bits per heavy atom. The Hall–Kier alpha value is -2.08. The lowest BCUT2D eigenvalue weighted by Gasteiger charge is -2.31. The van der Waals surface area contributed by atoms with Crippen LogP contribution in [0.5, 0.6) is 0 Å². The van der Waals surface area contributed by atoms with E-state index in [4.69, 9.17) is 10.5 Å². The quantitative estimate of drug-likeness (QED) is 0.790. The van der Waals surface area contributed by atoms with E-state index in [2.05, 4.69) is 31.4 Å². The van der Waals surface area contributed by atoms with Gasteiger partial charge in [0.15, 0.2) is 0 Å². The molecule has 0 spiro atoms. The Kier molecular flexibility index (Phi) is 5.72. The zero-order valence-electron chi connectivity index (χ0n) is 12.8. The summed E-state index contributed by atoms with van der Waals surface area (Å²) in [5, 5.41) is 22.8. The maximum Gasteiger partial charge on any atom is 0.234 e. The van der Waals surface area contributed by atoms with E-state index in [-0.39, 0.29) is 47.9 Å². The Balaban J connectivity index is 2.74. The second-order valence-electron chi connectivity index (χ2n) is 6.34. The predicted molar refractivity (Wildman–Crippen MR) is 76.5 cm³/mol. The largest absolute Gasteiger partial charge is 0.355 e. The molecule has 1 aliphatic rings. The summed E-state index contributed by atoms with van der Waals surface area (Å²) in [6, 6.07) is 3.59. The number of rotatable bonds is 5. The van der Waals surface area contributed by atoms with Gasteiger partial charge in [0.1, 0.15) is 12.8 Å². The Morgan fingerprint density at radius 2 is 1.76 bits per heavy atom. The number of carbonyl (C=O) groups is 2. The molecule has 2 N–H and O–H groups in total. The van der Waals surface area contributed by atoms with E-state index >= 15 is 0 Å². The molecule has 3 unspecified atom stereocenters. The lowest BCUT2D eigenvalue weighted by molar-refractivity contribution is -0.121. The van der Waals surface area contributed by atoms with Gasteiger partial charge in [-0.1, -0.05) is 20.8 Å². The molecular weight excluding hydrogens is 268 g/mol. The first-order chi connectivity index (χ1) is 9.81. The summed E-state index contributed by atoms with van der Waals surface area (Å²) in [4.78, 5) is 23.1. The molecule has 1 saturated carbocycles. The highest BCUT2D eigenvalue weighted by Gasteiger charge is 2.46. The maximum absolute atomic E-state index is 11.7. The standard InChI is InChI=1S/C15H22N4O2/c1-10-8-15(2,3)11(9-18-12(20)4-6-16)14(10)19-13(21)5-7-17/h10-11,14H,4-5,8-9H2,1-3H3,(H,18,20)(H,19,21). The third-order valence-corrected chi connectivity index (χ3v) is 4.22. The highest BCUT2D eigenvalue weighted by molar-refractivity contribution is 5.79. The first-order valence-electron chi connectivity index (χ1n) is 7.11. The van der Waals surface area contributed by atoms with Crippen LogP contribution in [0.3, 0.4) is 0 Å². The lowest BCUT2D eigenvalue weighted by atomic mass is 9.80. The predicted octanol–water partition coefficient (Wildman–Crippen LogP) is 1.10. The topological polar surface area (TPSA) is 106 Å². The summed E-state index contributed by atoms with van der Waals surface area (Å²) < 4.78 is 0. The van der Waals surface area contributed by atoms with Crippen molar-refractivity contribution in [2.24, 2.45) is 17.3 Å². The van der Waals surface area contributed by atoms with Crippen LogP contribution in [0.15, 0.2) is 0 Å². The van der Waals surface area contributed by atoms with Crippen molar-refractivity contribution < 1.29 is 9.59 Å². The SMILES string of the molecule is CC1CC(C)(C)C(CNC(=O)CC#N)C1NC(=O)CC#N. The van der Waals surface area contributed by atoms with Crippen LogP contribution in [0, 0.1) is 39.9 Å². The van der Waals surface area contributed by atoms with Crippen molar-refractivity contribution in [3.05, 3.63) is 0 Å². The molecule has 3 atom stereocenters. The number of nitriles is 2. The van der Waals surface area contributed by atoms with Crippen molar-refractivity contribution in [1.82, 2.24) is 10.6 Å². The number of amides is 2. The van der Waals surface area contributed by atoms with Crippen LogP contribution in [0.2, 0.25) is 0 Å². The molecule has 0 bridgehead atoms. The molecule has 0 aromatic heterocycles. The van der Waals surface area contributed by atoms with Crippen molar-refractivity contribution in [3.8, 4) is 12.1 Å². The van der Waals surface area contributed by atoms with Gasteiger partial charge in [0.25, 0.3) is 0 Å². The smallest absolute Gasteiger partial charge is 0.234 e. The van der Waals surface area contributed by atoms with Gasteiger partial charge in [-0.15, -0.1) is 0 Å². The molecule has 0 aliphatic heterocycles. The van der Waals surface area contributed by atoms with Crippen LogP contribution in [0.1, 0.15) is 40.0 Å². The van der Waals surface area contributed by atoms with Gasteiger partial charge in [-0.25, -0.2) is 0 Å². The number of hydrogen-bond donors (Lipinski definition) is 2. The summed E-state index contributed by atoms with van der Waals surface area (Å²) in [6.45, 7) is 6.72. The second kappa shape index (κ2) is 7.08. The van der Waals surface area contributed by atoms with Gasteiger partial charge in [0.2, 0.25) is 11.8 Å². The van der Waals surface area contributed by atoms with E-state index < -0.39 is 0 Å². The van der Waals surface area contributed by atoms with Crippen LogP contribution in [-0.2, 0) is 9.59 Å². The molecular formula is C15H22N4O2. The molecule has 0 aromatic rings. The molecule has 1 fully saturated rings. The van der Waals surface area contributed by atoms with Gasteiger partial charge in [-0.2, -0.15) is 10.5 Å². The van der Waals surface area contributed by atoms with Gasteiger partial charge in [0, 0.05) is 18.5 Å². The summed E-state index contributed by atoms with van der Waals surface area (Å²) in [5.41, 5.74) is -0.0239. The second-order valence-corrected chi connectivity index (χ2v) is 6.34. The maximum atomic E-state index is 11.7. The average molecular weight is 290 g/mol.